The van der Waals surface area contributed by atoms with Gasteiger partial charge in [0.1, 0.15) is 6.04 Å². The molecule has 1 unspecified atom stereocenters. The Bertz CT molecular complexity index is 1420. The average Bonchev–Trinajstić information content (AvgIpc) is 3.64. The van der Waals surface area contributed by atoms with Crippen LogP contribution in [-0.4, -0.2) is 88.7 Å². The third kappa shape index (κ3) is 4.15. The quantitative estimate of drug-likeness (QED) is 0.533. The maximum absolute atomic E-state index is 13.5. The molecule has 1 atom stereocenters. The summed E-state index contributed by atoms with van der Waals surface area (Å²) in [6, 6.07) is 12.5. The minimum atomic E-state index is -0.221. The van der Waals surface area contributed by atoms with Gasteiger partial charge in [-0.2, -0.15) is 0 Å². The molecule has 6 rings (SSSR count). The second-order valence-electron chi connectivity index (χ2n) is 11.0. The van der Waals surface area contributed by atoms with Crippen LogP contribution >= 0.6 is 0 Å². The van der Waals surface area contributed by atoms with Crippen LogP contribution in [0.25, 0.3) is 17.1 Å². The number of nitrogens with zero attached hydrogens (tertiary/aromatic N) is 7. The van der Waals surface area contributed by atoms with Gasteiger partial charge in [-0.3, -0.25) is 9.59 Å². The van der Waals surface area contributed by atoms with E-state index in [2.05, 4.69) is 48.9 Å². The van der Waals surface area contributed by atoms with Crippen molar-refractivity contribution in [2.75, 3.05) is 50.1 Å². The zero-order valence-corrected chi connectivity index (χ0v) is 22.8. The van der Waals surface area contributed by atoms with E-state index in [1.54, 1.807) is 4.90 Å². The predicted molar refractivity (Wildman–Crippen MR) is 148 cm³/mol. The second-order valence-corrected chi connectivity index (χ2v) is 11.0. The molecule has 1 aliphatic carbocycles. The van der Waals surface area contributed by atoms with E-state index >= 15 is 0 Å². The van der Waals surface area contributed by atoms with Crippen LogP contribution in [0.1, 0.15) is 41.5 Å². The summed E-state index contributed by atoms with van der Waals surface area (Å²) in [6.45, 7) is 9.10. The highest BCUT2D eigenvalue weighted by Gasteiger charge is 2.41. The third-order valence-electron chi connectivity index (χ3n) is 8.09. The molecule has 9 nitrogen and oxygen atoms in total. The fraction of sp³-hybridized carbons (Fsp3) is 0.448. The van der Waals surface area contributed by atoms with Gasteiger partial charge in [-0.25, -0.2) is 9.67 Å². The van der Waals surface area contributed by atoms with Crippen LogP contribution in [0.5, 0.6) is 0 Å². The number of hydrogen-bond acceptors (Lipinski definition) is 6. The molecule has 2 fully saturated rings. The lowest BCUT2D eigenvalue weighted by atomic mass is 10.0. The number of likely N-dealkylation sites (N-methyl/N-ethyl adjacent to an activating group) is 2. The molecule has 0 radical (unpaired) electrons. The molecule has 198 valence electrons. The summed E-state index contributed by atoms with van der Waals surface area (Å²) >= 11 is 0. The van der Waals surface area contributed by atoms with Crippen molar-refractivity contribution in [2.45, 2.75) is 45.7 Å². The first-order chi connectivity index (χ1) is 18.2. The van der Waals surface area contributed by atoms with E-state index in [0.29, 0.717) is 25.0 Å². The Hall–Kier alpha value is -3.72. The van der Waals surface area contributed by atoms with Crippen molar-refractivity contribution in [3.05, 3.63) is 53.3 Å². The van der Waals surface area contributed by atoms with Crippen molar-refractivity contribution >= 4 is 23.2 Å². The van der Waals surface area contributed by atoms with Crippen LogP contribution in [0.3, 0.4) is 0 Å². The van der Waals surface area contributed by atoms with Crippen molar-refractivity contribution in [1.82, 2.24) is 24.6 Å². The van der Waals surface area contributed by atoms with Gasteiger partial charge in [0.05, 0.1) is 17.1 Å². The molecule has 1 saturated carbocycles. The molecular formula is C29H35N7O2. The summed E-state index contributed by atoms with van der Waals surface area (Å²) in [5, 5.41) is 4.78. The van der Waals surface area contributed by atoms with Gasteiger partial charge in [-0.05, 0) is 70.5 Å². The Kier molecular flexibility index (Phi) is 5.98. The van der Waals surface area contributed by atoms with Crippen LogP contribution in [-0.2, 0) is 4.79 Å². The van der Waals surface area contributed by atoms with Gasteiger partial charge in [-0.15, -0.1) is 5.10 Å². The SMILES string of the molecule is Cc1ccc(-n2nc(C(=O)N3CCN(C)CC3)nc2-c2ccc3c(c2)N(C2CC2)C(C)C(=O)N3C)c(C)c1. The summed E-state index contributed by atoms with van der Waals surface area (Å²) in [5.74, 6) is 0.803. The number of carbonyl (C=O) groups is 2. The summed E-state index contributed by atoms with van der Waals surface area (Å²) in [7, 11) is 3.91. The number of amides is 2. The van der Waals surface area contributed by atoms with E-state index in [1.807, 2.05) is 41.8 Å². The third-order valence-corrected chi connectivity index (χ3v) is 8.09. The first kappa shape index (κ1) is 24.6. The fourth-order valence-corrected chi connectivity index (χ4v) is 5.70. The number of aryl methyl sites for hydroxylation is 2. The lowest BCUT2D eigenvalue weighted by molar-refractivity contribution is -0.119. The molecule has 1 saturated heterocycles. The van der Waals surface area contributed by atoms with Crippen molar-refractivity contribution < 1.29 is 9.59 Å². The van der Waals surface area contributed by atoms with Gasteiger partial charge >= 0.3 is 0 Å². The number of aromatic nitrogens is 3. The molecule has 38 heavy (non-hydrogen) atoms. The zero-order valence-electron chi connectivity index (χ0n) is 22.8. The molecule has 0 N–H and O–H groups in total. The summed E-state index contributed by atoms with van der Waals surface area (Å²) in [5.41, 5.74) is 5.92. The van der Waals surface area contributed by atoms with E-state index in [9.17, 15) is 9.59 Å². The molecule has 2 amide bonds. The monoisotopic (exact) mass is 513 g/mol. The van der Waals surface area contributed by atoms with Crippen LogP contribution < -0.4 is 9.80 Å². The van der Waals surface area contributed by atoms with Crippen molar-refractivity contribution in [3.63, 3.8) is 0 Å². The first-order valence-corrected chi connectivity index (χ1v) is 13.5. The van der Waals surface area contributed by atoms with Crippen molar-refractivity contribution in [3.8, 4) is 17.1 Å². The topological polar surface area (TPSA) is 77.8 Å². The molecule has 2 aliphatic heterocycles. The lowest BCUT2D eigenvalue weighted by Gasteiger charge is -2.40. The minimum Gasteiger partial charge on any atom is -0.355 e. The number of benzene rings is 2. The number of piperazine rings is 1. The number of hydrogen-bond donors (Lipinski definition) is 0. The number of carbonyl (C=O) groups excluding carboxylic acids is 2. The van der Waals surface area contributed by atoms with E-state index in [0.717, 1.165) is 59.7 Å². The Morgan fingerprint density at radius 2 is 1.63 bits per heavy atom. The maximum atomic E-state index is 13.5. The van der Waals surface area contributed by atoms with Gasteiger partial charge in [0.15, 0.2) is 5.82 Å². The van der Waals surface area contributed by atoms with Crippen LogP contribution in [0.4, 0.5) is 11.4 Å². The van der Waals surface area contributed by atoms with Gasteiger partial charge in [-0.1, -0.05) is 17.7 Å². The number of fused-ring (bicyclic) bond motifs is 1. The molecule has 9 heteroatoms. The molecule has 3 aliphatic rings. The van der Waals surface area contributed by atoms with E-state index < -0.39 is 0 Å². The number of rotatable bonds is 4. The summed E-state index contributed by atoms with van der Waals surface area (Å²) in [6.07, 6.45) is 2.18. The smallest absolute Gasteiger partial charge is 0.293 e. The van der Waals surface area contributed by atoms with Crippen molar-refractivity contribution in [2.24, 2.45) is 0 Å². The Balaban J connectivity index is 1.47. The van der Waals surface area contributed by atoms with Crippen LogP contribution in [0.2, 0.25) is 0 Å². The second kappa shape index (κ2) is 9.23. The standard InChI is InChI=1S/C29H35N7O2/c1-18-6-10-23(19(2)16-18)36-27(30-26(31-36)29(38)34-14-12-32(4)13-15-34)21-7-11-24-25(17-21)35(22-8-9-22)20(3)28(37)33(24)5/h6-7,10-11,16-17,20,22H,8-9,12-15H2,1-5H3. The molecule has 0 spiro atoms. The summed E-state index contributed by atoms with van der Waals surface area (Å²) in [4.78, 5) is 39.4. The lowest BCUT2D eigenvalue weighted by Crippen LogP contribution is -2.51. The summed E-state index contributed by atoms with van der Waals surface area (Å²) < 4.78 is 1.81. The Morgan fingerprint density at radius 1 is 0.921 bits per heavy atom. The maximum Gasteiger partial charge on any atom is 0.293 e. The molecule has 3 heterocycles. The van der Waals surface area contributed by atoms with Crippen LogP contribution in [0, 0.1) is 13.8 Å². The average molecular weight is 514 g/mol. The van der Waals surface area contributed by atoms with E-state index in [4.69, 9.17) is 10.1 Å². The van der Waals surface area contributed by atoms with Gasteiger partial charge in [0.2, 0.25) is 11.7 Å². The molecular weight excluding hydrogens is 478 g/mol. The van der Waals surface area contributed by atoms with E-state index in [1.165, 1.54) is 0 Å². The minimum absolute atomic E-state index is 0.107. The van der Waals surface area contributed by atoms with Gasteiger partial charge < -0.3 is 19.6 Å². The first-order valence-electron chi connectivity index (χ1n) is 13.5. The Labute approximate surface area is 223 Å². The van der Waals surface area contributed by atoms with Gasteiger partial charge in [0.25, 0.3) is 5.91 Å². The number of anilines is 2. The Morgan fingerprint density at radius 3 is 2.32 bits per heavy atom. The molecule has 0 bridgehead atoms. The highest BCUT2D eigenvalue weighted by atomic mass is 16.2. The van der Waals surface area contributed by atoms with E-state index in [-0.39, 0.29) is 23.7 Å². The molecule has 1 aromatic heterocycles. The van der Waals surface area contributed by atoms with Crippen molar-refractivity contribution in [1.29, 1.82) is 0 Å². The fourth-order valence-electron chi connectivity index (χ4n) is 5.70. The highest BCUT2D eigenvalue weighted by Crippen LogP contribution is 2.44. The zero-order chi connectivity index (χ0) is 26.7. The molecule has 3 aromatic rings. The molecule has 2 aromatic carbocycles. The predicted octanol–water partition coefficient (Wildman–Crippen LogP) is 3.27. The highest BCUT2D eigenvalue weighted by molar-refractivity contribution is 6.05. The van der Waals surface area contributed by atoms with Gasteiger partial charge in [0, 0.05) is 44.8 Å². The normalized spacial score (nSPS) is 20.2. The largest absolute Gasteiger partial charge is 0.355 e. The van der Waals surface area contributed by atoms with Crippen LogP contribution in [0.15, 0.2) is 36.4 Å².